The molecular weight excluding hydrogens is 303 g/mol. The summed E-state index contributed by atoms with van der Waals surface area (Å²) in [6.07, 6.45) is 4.83. The van der Waals surface area contributed by atoms with Crippen LogP contribution < -0.4 is 4.89 Å². The lowest BCUT2D eigenvalue weighted by Gasteiger charge is -2.34. The van der Waals surface area contributed by atoms with Crippen LogP contribution in [0.3, 0.4) is 0 Å². The van der Waals surface area contributed by atoms with Gasteiger partial charge in [-0.15, -0.1) is 6.58 Å². The van der Waals surface area contributed by atoms with Crippen molar-refractivity contribution in [3.8, 4) is 0 Å². The Bertz CT molecular complexity index is 535. The van der Waals surface area contributed by atoms with Crippen LogP contribution in [0.1, 0.15) is 12.0 Å². The molecule has 6 heteroatoms. The molecule has 0 saturated carbocycles. The van der Waals surface area contributed by atoms with Crippen LogP contribution in [0.4, 0.5) is 0 Å². The van der Waals surface area contributed by atoms with Crippen molar-refractivity contribution >= 4 is 8.17 Å². The molecule has 2 bridgehead atoms. The third-order valence-electron chi connectivity index (χ3n) is 3.46. The van der Waals surface area contributed by atoms with E-state index in [2.05, 4.69) is 6.58 Å². The summed E-state index contributed by atoms with van der Waals surface area (Å²) in [5, 5.41) is 0. The van der Waals surface area contributed by atoms with E-state index in [9.17, 15) is 4.89 Å². The number of benzene rings is 1. The predicted molar refractivity (Wildman–Crippen MR) is 81.6 cm³/mol. The molecule has 22 heavy (non-hydrogen) atoms. The molecule has 1 fully saturated rings. The van der Waals surface area contributed by atoms with Crippen molar-refractivity contribution in [3.05, 3.63) is 60.7 Å². The van der Waals surface area contributed by atoms with Gasteiger partial charge in [-0.3, -0.25) is 0 Å². The number of rotatable bonds is 5. The number of hydrogen-bond donors (Lipinski definition) is 0. The van der Waals surface area contributed by atoms with Gasteiger partial charge in [-0.25, -0.2) is 0 Å². The lowest BCUT2D eigenvalue weighted by Crippen LogP contribution is -2.34. The Kier molecular flexibility index (Phi) is 5.03. The summed E-state index contributed by atoms with van der Waals surface area (Å²) in [7, 11) is -3.56. The molecule has 4 atom stereocenters. The Morgan fingerprint density at radius 3 is 2.82 bits per heavy atom. The molecule has 118 valence electrons. The van der Waals surface area contributed by atoms with E-state index >= 15 is 0 Å². The predicted octanol–water partition coefficient (Wildman–Crippen LogP) is 2.56. The van der Waals surface area contributed by atoms with Gasteiger partial charge in [0, 0.05) is 6.42 Å². The zero-order valence-electron chi connectivity index (χ0n) is 12.2. The van der Waals surface area contributed by atoms with Crippen molar-refractivity contribution in [2.24, 2.45) is 0 Å². The van der Waals surface area contributed by atoms with Gasteiger partial charge in [0.1, 0.15) is 18.3 Å². The average molecular weight is 322 g/mol. The first-order valence-electron chi connectivity index (χ1n) is 7.25. The number of fused-ring (bicyclic) bond motifs is 2. The number of phosphoric ester groups is 1. The third kappa shape index (κ3) is 4.02. The fourth-order valence-electron chi connectivity index (χ4n) is 2.38. The van der Waals surface area contributed by atoms with Crippen molar-refractivity contribution in [2.45, 2.75) is 31.3 Å². The molecule has 0 N–H and O–H groups in total. The van der Waals surface area contributed by atoms with Crippen LogP contribution in [0.25, 0.3) is 0 Å². The van der Waals surface area contributed by atoms with Crippen molar-refractivity contribution < 1.29 is 23.2 Å². The molecule has 0 aromatic heterocycles. The monoisotopic (exact) mass is 322 g/mol. The smallest absolute Gasteiger partial charge is 0.381 e. The van der Waals surface area contributed by atoms with Crippen molar-refractivity contribution in [2.75, 3.05) is 6.61 Å². The van der Waals surface area contributed by atoms with Gasteiger partial charge in [0.25, 0.3) is 0 Å². The first-order valence-corrected chi connectivity index (χ1v) is 8.71. The maximum atomic E-state index is 12.5. The van der Waals surface area contributed by atoms with Gasteiger partial charge in [-0.1, -0.05) is 48.6 Å². The number of ether oxygens (including phenoxy) is 1. The molecular formula is C16H19O5P. The maximum Gasteiger partial charge on any atom is 0.381 e. The highest BCUT2D eigenvalue weighted by atomic mass is 31.2. The number of hydrogen-bond acceptors (Lipinski definition) is 5. The van der Waals surface area contributed by atoms with Crippen LogP contribution in [0.5, 0.6) is 0 Å². The average Bonchev–Trinajstić information content (AvgIpc) is 2.63. The summed E-state index contributed by atoms with van der Waals surface area (Å²) in [5.41, 5.74) is 1.07. The van der Waals surface area contributed by atoms with Crippen LogP contribution in [0.2, 0.25) is 0 Å². The van der Waals surface area contributed by atoms with E-state index in [-0.39, 0.29) is 18.8 Å². The minimum Gasteiger partial charge on any atom is -0.606 e. The summed E-state index contributed by atoms with van der Waals surface area (Å²) in [5.74, 6) is 0. The first-order chi connectivity index (χ1) is 10.7. The Morgan fingerprint density at radius 1 is 1.23 bits per heavy atom. The standard InChI is InChI=1S/C16H19O5P/c1-2-14-10-15-8-9-16(21-22(17,19-14)20-15)12-18-11-13-6-4-3-5-7-13/h2-9,14-16H,1,10-12H2/t14-,15-,16+,22?/m0/s1. The fourth-order valence-corrected chi connectivity index (χ4v) is 3.98. The Labute approximate surface area is 130 Å². The van der Waals surface area contributed by atoms with Gasteiger partial charge in [0.05, 0.1) is 13.2 Å². The largest absolute Gasteiger partial charge is 0.606 e. The minimum atomic E-state index is -3.56. The van der Waals surface area contributed by atoms with Gasteiger partial charge in [0.15, 0.2) is 0 Å². The lowest BCUT2D eigenvalue weighted by molar-refractivity contribution is -0.265. The van der Waals surface area contributed by atoms with Gasteiger partial charge < -0.3 is 9.63 Å². The van der Waals surface area contributed by atoms with Gasteiger partial charge in [-0.2, -0.15) is 13.6 Å². The van der Waals surface area contributed by atoms with E-state index in [1.165, 1.54) is 0 Å². The van der Waals surface area contributed by atoms with E-state index in [0.29, 0.717) is 13.0 Å². The maximum absolute atomic E-state index is 12.5. The Hall–Kier alpha value is -1.07. The van der Waals surface area contributed by atoms with Crippen LogP contribution in [0, 0.1) is 0 Å². The fraction of sp³-hybridized carbons (Fsp3) is 0.375. The number of phosphoric acid groups is 1. The molecule has 0 aliphatic carbocycles. The van der Waals surface area contributed by atoms with E-state index in [1.807, 2.05) is 42.5 Å². The highest BCUT2D eigenvalue weighted by molar-refractivity contribution is 7.54. The van der Waals surface area contributed by atoms with Crippen LogP contribution >= 0.6 is 8.17 Å². The molecule has 2 heterocycles. The minimum absolute atomic E-state index is 0.276. The van der Waals surface area contributed by atoms with Crippen molar-refractivity contribution in [3.63, 3.8) is 0 Å². The second-order valence-electron chi connectivity index (χ2n) is 5.24. The zero-order valence-corrected chi connectivity index (χ0v) is 13.1. The van der Waals surface area contributed by atoms with E-state index < -0.39 is 14.3 Å². The Morgan fingerprint density at radius 2 is 2.05 bits per heavy atom. The molecule has 3 rings (SSSR count). The molecule has 0 spiro atoms. The quantitative estimate of drug-likeness (QED) is 0.616. The lowest BCUT2D eigenvalue weighted by atomic mass is 10.1. The molecule has 2 aliphatic heterocycles. The van der Waals surface area contributed by atoms with E-state index in [0.717, 1.165) is 5.56 Å². The van der Waals surface area contributed by atoms with Gasteiger partial charge in [0.2, 0.25) is 0 Å². The molecule has 1 unspecified atom stereocenters. The highest BCUT2D eigenvalue weighted by Crippen LogP contribution is 2.61. The molecule has 1 saturated heterocycles. The molecule has 2 aliphatic rings. The van der Waals surface area contributed by atoms with E-state index in [4.69, 9.17) is 18.3 Å². The van der Waals surface area contributed by atoms with Crippen LogP contribution in [-0.4, -0.2) is 24.9 Å². The normalized spacial score (nSPS) is 34.1. The molecule has 0 radical (unpaired) electrons. The topological polar surface area (TPSA) is 60.0 Å². The summed E-state index contributed by atoms with van der Waals surface area (Å²) in [4.78, 5) is 12.5. The van der Waals surface area contributed by atoms with E-state index in [1.54, 1.807) is 6.08 Å². The molecule has 1 aromatic carbocycles. The van der Waals surface area contributed by atoms with Crippen LogP contribution in [-0.2, 0) is 24.9 Å². The Balaban J connectivity index is 1.56. The van der Waals surface area contributed by atoms with Gasteiger partial charge >= 0.3 is 8.17 Å². The zero-order chi connectivity index (χ0) is 15.4. The summed E-state index contributed by atoms with van der Waals surface area (Å²) >= 11 is 0. The van der Waals surface area contributed by atoms with Crippen molar-refractivity contribution in [1.82, 2.24) is 0 Å². The highest BCUT2D eigenvalue weighted by Gasteiger charge is 2.47. The summed E-state index contributed by atoms with van der Waals surface area (Å²) < 4.78 is 21.9. The second kappa shape index (κ2) is 7.01. The van der Waals surface area contributed by atoms with Crippen molar-refractivity contribution in [1.29, 1.82) is 0 Å². The second-order valence-corrected chi connectivity index (χ2v) is 6.76. The van der Waals surface area contributed by atoms with Crippen LogP contribution in [0.15, 0.2) is 55.1 Å². The molecule has 1 aromatic rings. The molecule has 0 amide bonds. The first kappa shape index (κ1) is 15.8. The van der Waals surface area contributed by atoms with Gasteiger partial charge in [-0.05, 0) is 5.56 Å². The summed E-state index contributed by atoms with van der Waals surface area (Å²) in [6.45, 7) is 4.43. The molecule has 5 nitrogen and oxygen atoms in total. The SMILES string of the molecule is C=C[C@H]1C[C@@H]2C=C[C@H](COCc3ccccc3)O[P+]([O-])(O1)O2. The third-order valence-corrected chi connectivity index (χ3v) is 5.04. The summed E-state index contributed by atoms with van der Waals surface area (Å²) in [6, 6.07) is 9.84.